The molecule has 2 aromatic heterocycles. The Labute approximate surface area is 108 Å². The monoisotopic (exact) mass is 270 g/mol. The molecule has 2 nitrogen and oxygen atoms in total. The third kappa shape index (κ3) is 3.03. The number of halogens is 2. The van der Waals surface area contributed by atoms with Crippen molar-refractivity contribution in [1.82, 2.24) is 10.3 Å². The molecular weight excluding hydrogens is 259 g/mol. The predicted molar refractivity (Wildman–Crippen MR) is 69.0 cm³/mol. The van der Waals surface area contributed by atoms with Gasteiger partial charge in [0.2, 0.25) is 0 Å². The van der Waals surface area contributed by atoms with Crippen LogP contribution in [0.3, 0.4) is 0 Å². The molecule has 0 fully saturated rings. The summed E-state index contributed by atoms with van der Waals surface area (Å²) in [5.74, 6) is -0.326. The lowest BCUT2D eigenvalue weighted by molar-refractivity contribution is 0.599. The SMILES string of the molecule is CCNC(c1cncc(F)c1)c1ccc(Cl)s1. The fourth-order valence-corrected chi connectivity index (χ4v) is 2.82. The number of thiophene rings is 1. The first kappa shape index (κ1) is 12.5. The Balaban J connectivity index is 2.35. The minimum absolute atomic E-state index is 0.0549. The van der Waals surface area contributed by atoms with Crippen LogP contribution in [0, 0.1) is 5.82 Å². The number of nitrogens with one attached hydrogen (secondary N) is 1. The molecule has 2 rings (SSSR count). The molecule has 0 bridgehead atoms. The second-order valence-corrected chi connectivity index (χ2v) is 5.32. The number of nitrogens with zero attached hydrogens (tertiary/aromatic N) is 1. The van der Waals surface area contributed by atoms with Crippen molar-refractivity contribution in [2.75, 3.05) is 6.54 Å². The molecule has 17 heavy (non-hydrogen) atoms. The molecule has 0 aliphatic heterocycles. The summed E-state index contributed by atoms with van der Waals surface area (Å²) in [6, 6.07) is 5.23. The van der Waals surface area contributed by atoms with Gasteiger partial charge in [0.05, 0.1) is 16.6 Å². The van der Waals surface area contributed by atoms with E-state index in [0.717, 1.165) is 21.3 Å². The molecule has 1 N–H and O–H groups in total. The van der Waals surface area contributed by atoms with Gasteiger partial charge in [-0.3, -0.25) is 4.98 Å². The summed E-state index contributed by atoms with van der Waals surface area (Å²) >= 11 is 7.41. The minimum atomic E-state index is -0.326. The molecule has 0 aromatic carbocycles. The second kappa shape index (κ2) is 5.58. The van der Waals surface area contributed by atoms with E-state index in [0.29, 0.717) is 0 Å². The highest BCUT2D eigenvalue weighted by Gasteiger charge is 2.15. The van der Waals surface area contributed by atoms with Crippen molar-refractivity contribution < 1.29 is 4.39 Å². The summed E-state index contributed by atoms with van der Waals surface area (Å²) in [5.41, 5.74) is 0.811. The van der Waals surface area contributed by atoms with Gasteiger partial charge in [0, 0.05) is 11.1 Å². The molecule has 0 radical (unpaired) electrons. The topological polar surface area (TPSA) is 24.9 Å². The van der Waals surface area contributed by atoms with Gasteiger partial charge in [-0.1, -0.05) is 18.5 Å². The molecule has 1 unspecified atom stereocenters. The van der Waals surface area contributed by atoms with Crippen molar-refractivity contribution in [3.8, 4) is 0 Å². The molecule has 5 heteroatoms. The summed E-state index contributed by atoms with van der Waals surface area (Å²) in [6.45, 7) is 2.80. The van der Waals surface area contributed by atoms with E-state index in [4.69, 9.17) is 11.6 Å². The van der Waals surface area contributed by atoms with Crippen LogP contribution < -0.4 is 5.32 Å². The molecule has 0 aliphatic rings. The van der Waals surface area contributed by atoms with Gasteiger partial charge in [-0.05, 0) is 30.3 Å². The predicted octanol–water partition coefficient (Wildman–Crippen LogP) is 3.63. The quantitative estimate of drug-likeness (QED) is 0.918. The fourth-order valence-electron chi connectivity index (χ4n) is 1.66. The number of aromatic nitrogens is 1. The van der Waals surface area contributed by atoms with E-state index in [-0.39, 0.29) is 11.9 Å². The molecule has 0 spiro atoms. The molecule has 0 amide bonds. The highest BCUT2D eigenvalue weighted by atomic mass is 35.5. The zero-order valence-corrected chi connectivity index (χ0v) is 10.9. The normalized spacial score (nSPS) is 12.6. The van der Waals surface area contributed by atoms with Gasteiger partial charge in [-0.2, -0.15) is 0 Å². The second-order valence-electron chi connectivity index (χ2n) is 3.57. The van der Waals surface area contributed by atoms with Crippen LogP contribution in [0.15, 0.2) is 30.6 Å². The Morgan fingerprint density at radius 3 is 2.88 bits per heavy atom. The van der Waals surface area contributed by atoms with Crippen LogP contribution in [-0.4, -0.2) is 11.5 Å². The van der Waals surface area contributed by atoms with E-state index < -0.39 is 0 Å². The van der Waals surface area contributed by atoms with Gasteiger partial charge in [0.1, 0.15) is 5.82 Å². The maximum absolute atomic E-state index is 13.2. The molecule has 1 atom stereocenters. The molecular formula is C12H12ClFN2S. The van der Waals surface area contributed by atoms with Crippen LogP contribution in [-0.2, 0) is 0 Å². The Morgan fingerprint density at radius 1 is 1.47 bits per heavy atom. The van der Waals surface area contributed by atoms with Crippen LogP contribution >= 0.6 is 22.9 Å². The third-order valence-corrected chi connectivity index (χ3v) is 3.64. The lowest BCUT2D eigenvalue weighted by Crippen LogP contribution is -2.21. The summed E-state index contributed by atoms with van der Waals surface area (Å²) < 4.78 is 13.9. The highest BCUT2D eigenvalue weighted by Crippen LogP contribution is 2.30. The molecule has 0 saturated carbocycles. The van der Waals surface area contributed by atoms with Crippen molar-refractivity contribution in [2.45, 2.75) is 13.0 Å². The van der Waals surface area contributed by atoms with Crippen molar-refractivity contribution in [1.29, 1.82) is 0 Å². The average molecular weight is 271 g/mol. The summed E-state index contributed by atoms with van der Waals surface area (Å²) in [5, 5.41) is 3.30. The van der Waals surface area contributed by atoms with Crippen molar-refractivity contribution in [3.05, 3.63) is 51.2 Å². The van der Waals surface area contributed by atoms with Gasteiger partial charge in [0.15, 0.2) is 0 Å². The molecule has 90 valence electrons. The Morgan fingerprint density at radius 2 is 2.29 bits per heavy atom. The average Bonchev–Trinajstić information content (AvgIpc) is 2.72. The maximum atomic E-state index is 13.2. The van der Waals surface area contributed by atoms with E-state index in [9.17, 15) is 4.39 Å². The lowest BCUT2D eigenvalue weighted by atomic mass is 10.1. The minimum Gasteiger partial charge on any atom is -0.306 e. The van der Waals surface area contributed by atoms with E-state index in [2.05, 4.69) is 10.3 Å². The summed E-state index contributed by atoms with van der Waals surface area (Å²) in [4.78, 5) is 4.94. The van der Waals surface area contributed by atoms with E-state index >= 15 is 0 Å². The van der Waals surface area contributed by atoms with Gasteiger partial charge in [0.25, 0.3) is 0 Å². The van der Waals surface area contributed by atoms with Crippen molar-refractivity contribution in [2.24, 2.45) is 0 Å². The first-order chi connectivity index (χ1) is 8.20. The van der Waals surface area contributed by atoms with Gasteiger partial charge in [-0.25, -0.2) is 4.39 Å². The smallest absolute Gasteiger partial charge is 0.141 e. The number of hydrogen-bond acceptors (Lipinski definition) is 3. The zero-order valence-electron chi connectivity index (χ0n) is 9.28. The lowest BCUT2D eigenvalue weighted by Gasteiger charge is -2.16. The first-order valence-corrected chi connectivity index (χ1v) is 6.49. The van der Waals surface area contributed by atoms with Gasteiger partial charge < -0.3 is 5.32 Å². The summed E-state index contributed by atoms with van der Waals surface area (Å²) in [6.07, 6.45) is 2.87. The van der Waals surface area contributed by atoms with E-state index in [1.165, 1.54) is 23.6 Å². The van der Waals surface area contributed by atoms with Crippen LogP contribution in [0.2, 0.25) is 4.34 Å². The number of rotatable bonds is 4. The zero-order chi connectivity index (χ0) is 12.3. The number of pyridine rings is 1. The van der Waals surface area contributed by atoms with Crippen LogP contribution in [0.1, 0.15) is 23.4 Å². The van der Waals surface area contributed by atoms with Crippen LogP contribution in [0.5, 0.6) is 0 Å². The number of hydrogen-bond donors (Lipinski definition) is 1. The maximum Gasteiger partial charge on any atom is 0.141 e. The van der Waals surface area contributed by atoms with E-state index in [1.54, 1.807) is 6.20 Å². The highest BCUT2D eigenvalue weighted by molar-refractivity contribution is 7.16. The standard InChI is InChI=1S/C12H12ClFN2S/c1-2-16-12(10-3-4-11(13)17-10)8-5-9(14)7-15-6-8/h3-7,12,16H,2H2,1H3. The largest absolute Gasteiger partial charge is 0.306 e. The molecule has 0 saturated heterocycles. The van der Waals surface area contributed by atoms with Gasteiger partial charge in [-0.15, -0.1) is 11.3 Å². The van der Waals surface area contributed by atoms with Crippen LogP contribution in [0.25, 0.3) is 0 Å². The molecule has 0 aliphatic carbocycles. The van der Waals surface area contributed by atoms with Crippen LogP contribution in [0.4, 0.5) is 4.39 Å². The summed E-state index contributed by atoms with van der Waals surface area (Å²) in [7, 11) is 0. The fraction of sp³-hybridized carbons (Fsp3) is 0.250. The molecule has 2 aromatic rings. The van der Waals surface area contributed by atoms with Crippen molar-refractivity contribution in [3.63, 3.8) is 0 Å². The van der Waals surface area contributed by atoms with Crippen molar-refractivity contribution >= 4 is 22.9 Å². The molecule has 2 heterocycles. The Hall–Kier alpha value is -0.970. The first-order valence-electron chi connectivity index (χ1n) is 5.29. The Kier molecular flexibility index (Phi) is 4.10. The van der Waals surface area contributed by atoms with Gasteiger partial charge >= 0.3 is 0 Å². The Bertz CT molecular complexity index is 501. The third-order valence-electron chi connectivity index (χ3n) is 2.35. The van der Waals surface area contributed by atoms with E-state index in [1.807, 2.05) is 19.1 Å².